The fraction of sp³-hybridized carbons (Fsp3) is 0.474. The highest BCUT2D eigenvalue weighted by atomic mass is 32.1. The number of hydrogen-bond acceptors (Lipinski definition) is 6. The van der Waals surface area contributed by atoms with Gasteiger partial charge < -0.3 is 15.4 Å². The molecule has 0 aliphatic heterocycles. The summed E-state index contributed by atoms with van der Waals surface area (Å²) in [5, 5.41) is 15.2. The van der Waals surface area contributed by atoms with Crippen molar-refractivity contribution in [2.75, 3.05) is 12.4 Å². The summed E-state index contributed by atoms with van der Waals surface area (Å²) < 4.78 is 5.15. The third-order valence-corrected chi connectivity index (χ3v) is 4.89. The molecule has 8 heteroatoms. The average molecular weight is 391 g/mol. The van der Waals surface area contributed by atoms with Gasteiger partial charge in [-0.05, 0) is 24.1 Å². The quantitative estimate of drug-likeness (QED) is 0.606. The van der Waals surface area contributed by atoms with Gasteiger partial charge in [0.2, 0.25) is 16.9 Å². The minimum atomic E-state index is -0.426. The number of rotatable bonds is 10. The van der Waals surface area contributed by atoms with Crippen LogP contribution in [-0.2, 0) is 16.0 Å². The summed E-state index contributed by atoms with van der Waals surface area (Å²) in [4.78, 5) is 24.0. The van der Waals surface area contributed by atoms with E-state index in [-0.39, 0.29) is 18.2 Å². The molecule has 0 saturated heterocycles. The molecule has 0 aliphatic carbocycles. The zero-order chi connectivity index (χ0) is 19.6. The third kappa shape index (κ3) is 6.97. The molecule has 2 rings (SSSR count). The predicted molar refractivity (Wildman–Crippen MR) is 106 cm³/mol. The summed E-state index contributed by atoms with van der Waals surface area (Å²) in [7, 11) is 1.59. The summed E-state index contributed by atoms with van der Waals surface area (Å²) in [5.41, 5.74) is 0.832. The van der Waals surface area contributed by atoms with E-state index in [4.69, 9.17) is 4.74 Å². The molecule has 2 N–H and O–H groups in total. The third-order valence-electron chi connectivity index (χ3n) is 3.99. The SMILES string of the molecule is CCCCCc1nnc(NC(=O)C[C@H](NC(C)=O)c2ccc(OC)cc2)s1. The van der Waals surface area contributed by atoms with Gasteiger partial charge in [-0.15, -0.1) is 10.2 Å². The molecule has 27 heavy (non-hydrogen) atoms. The number of methoxy groups -OCH3 is 1. The van der Waals surface area contributed by atoms with Crippen LogP contribution >= 0.6 is 11.3 Å². The highest BCUT2D eigenvalue weighted by Gasteiger charge is 2.18. The van der Waals surface area contributed by atoms with Gasteiger partial charge in [-0.3, -0.25) is 9.59 Å². The lowest BCUT2D eigenvalue weighted by molar-refractivity contribution is -0.120. The van der Waals surface area contributed by atoms with E-state index in [0.29, 0.717) is 10.9 Å². The van der Waals surface area contributed by atoms with Crippen molar-refractivity contribution in [2.24, 2.45) is 0 Å². The topological polar surface area (TPSA) is 93.2 Å². The van der Waals surface area contributed by atoms with Gasteiger partial charge in [0.15, 0.2) is 0 Å². The second-order valence-electron chi connectivity index (χ2n) is 6.24. The van der Waals surface area contributed by atoms with E-state index < -0.39 is 6.04 Å². The Morgan fingerprint density at radius 2 is 1.93 bits per heavy atom. The summed E-state index contributed by atoms with van der Waals surface area (Å²) >= 11 is 1.40. The maximum Gasteiger partial charge on any atom is 0.228 e. The molecule has 1 aromatic heterocycles. The van der Waals surface area contributed by atoms with Crippen molar-refractivity contribution in [3.05, 3.63) is 34.8 Å². The minimum absolute atomic E-state index is 0.108. The smallest absolute Gasteiger partial charge is 0.228 e. The van der Waals surface area contributed by atoms with Gasteiger partial charge in [0, 0.05) is 13.3 Å². The second kappa shape index (κ2) is 10.6. The molecule has 0 unspecified atom stereocenters. The number of ether oxygens (including phenoxy) is 1. The van der Waals surface area contributed by atoms with Gasteiger partial charge in [-0.1, -0.05) is 43.2 Å². The maximum atomic E-state index is 12.4. The predicted octanol–water partition coefficient (Wildman–Crippen LogP) is 3.49. The molecule has 0 fully saturated rings. The Morgan fingerprint density at radius 1 is 1.19 bits per heavy atom. The number of nitrogens with one attached hydrogen (secondary N) is 2. The van der Waals surface area contributed by atoms with E-state index in [1.807, 2.05) is 12.1 Å². The van der Waals surface area contributed by atoms with Gasteiger partial charge in [-0.2, -0.15) is 0 Å². The Labute approximate surface area is 163 Å². The summed E-state index contributed by atoms with van der Waals surface area (Å²) in [5.74, 6) is 0.299. The number of aromatic nitrogens is 2. The molecular formula is C19H26N4O3S. The van der Waals surface area contributed by atoms with E-state index in [1.165, 1.54) is 18.3 Å². The van der Waals surface area contributed by atoms with Gasteiger partial charge in [0.05, 0.1) is 19.6 Å². The molecule has 1 aromatic carbocycles. The lowest BCUT2D eigenvalue weighted by Gasteiger charge is -2.18. The highest BCUT2D eigenvalue weighted by Crippen LogP contribution is 2.22. The lowest BCUT2D eigenvalue weighted by Crippen LogP contribution is -2.29. The standard InChI is InChI=1S/C19H26N4O3S/c1-4-5-6-7-18-22-23-19(27-18)21-17(25)12-16(20-13(2)24)14-8-10-15(26-3)11-9-14/h8-11,16H,4-7,12H2,1-3H3,(H,20,24)(H,21,23,25)/t16-/m0/s1. The van der Waals surface area contributed by atoms with Crippen LogP contribution in [0, 0.1) is 0 Å². The highest BCUT2D eigenvalue weighted by molar-refractivity contribution is 7.15. The van der Waals surface area contributed by atoms with E-state index >= 15 is 0 Å². The van der Waals surface area contributed by atoms with Crippen LogP contribution in [0.5, 0.6) is 5.75 Å². The number of aryl methyl sites for hydroxylation is 1. The van der Waals surface area contributed by atoms with Crippen LogP contribution in [0.15, 0.2) is 24.3 Å². The van der Waals surface area contributed by atoms with Crippen molar-refractivity contribution < 1.29 is 14.3 Å². The average Bonchev–Trinajstić information content (AvgIpc) is 3.08. The van der Waals surface area contributed by atoms with E-state index in [9.17, 15) is 9.59 Å². The van der Waals surface area contributed by atoms with Crippen LogP contribution in [-0.4, -0.2) is 29.1 Å². The fourth-order valence-corrected chi connectivity index (χ4v) is 3.42. The summed E-state index contributed by atoms with van der Waals surface area (Å²) in [6, 6.07) is 6.85. The van der Waals surface area contributed by atoms with E-state index in [1.54, 1.807) is 19.2 Å². The molecule has 0 spiro atoms. The van der Waals surface area contributed by atoms with Gasteiger partial charge >= 0.3 is 0 Å². The second-order valence-corrected chi connectivity index (χ2v) is 7.30. The molecule has 1 atom stereocenters. The molecular weight excluding hydrogens is 364 g/mol. The largest absolute Gasteiger partial charge is 0.497 e. The Bertz CT molecular complexity index is 746. The summed E-state index contributed by atoms with van der Waals surface area (Å²) in [6.45, 7) is 3.59. The first-order valence-corrected chi connectivity index (χ1v) is 9.86. The first-order valence-electron chi connectivity index (χ1n) is 9.05. The van der Waals surface area contributed by atoms with Crippen molar-refractivity contribution in [1.29, 1.82) is 0 Å². The van der Waals surface area contributed by atoms with Crippen molar-refractivity contribution in [1.82, 2.24) is 15.5 Å². The monoisotopic (exact) mass is 390 g/mol. The molecule has 146 valence electrons. The minimum Gasteiger partial charge on any atom is -0.497 e. The van der Waals surface area contributed by atoms with Crippen molar-refractivity contribution in [2.45, 2.75) is 52.0 Å². The number of carbonyl (C=O) groups excluding carboxylic acids is 2. The van der Waals surface area contributed by atoms with Crippen molar-refractivity contribution in [3.8, 4) is 5.75 Å². The number of benzene rings is 1. The Morgan fingerprint density at radius 3 is 2.56 bits per heavy atom. The van der Waals surface area contributed by atoms with Crippen LogP contribution < -0.4 is 15.4 Å². The normalized spacial score (nSPS) is 11.7. The number of carbonyl (C=O) groups is 2. The van der Waals surface area contributed by atoms with Crippen LogP contribution in [0.4, 0.5) is 5.13 Å². The van der Waals surface area contributed by atoms with Gasteiger partial charge in [0.25, 0.3) is 0 Å². The van der Waals surface area contributed by atoms with Gasteiger partial charge in [-0.25, -0.2) is 0 Å². The van der Waals surface area contributed by atoms with Gasteiger partial charge in [0.1, 0.15) is 10.8 Å². The van der Waals surface area contributed by atoms with Crippen LogP contribution in [0.3, 0.4) is 0 Å². The molecule has 0 saturated carbocycles. The van der Waals surface area contributed by atoms with E-state index in [0.717, 1.165) is 36.3 Å². The zero-order valence-electron chi connectivity index (χ0n) is 15.9. The molecule has 2 aromatic rings. The maximum absolute atomic E-state index is 12.4. The number of anilines is 1. The Kier molecular flexibility index (Phi) is 8.19. The van der Waals surface area contributed by atoms with E-state index in [2.05, 4.69) is 27.8 Å². The van der Waals surface area contributed by atoms with Crippen LogP contribution in [0.25, 0.3) is 0 Å². The number of amides is 2. The fourth-order valence-electron chi connectivity index (χ4n) is 2.62. The number of hydrogen-bond donors (Lipinski definition) is 2. The molecule has 0 aliphatic rings. The van der Waals surface area contributed by atoms with Crippen molar-refractivity contribution in [3.63, 3.8) is 0 Å². The first kappa shape index (κ1) is 20.8. The number of unbranched alkanes of at least 4 members (excludes halogenated alkanes) is 2. The Balaban J connectivity index is 1.97. The van der Waals surface area contributed by atoms with Crippen LogP contribution in [0.1, 0.15) is 56.1 Å². The molecule has 7 nitrogen and oxygen atoms in total. The van der Waals surface area contributed by atoms with Crippen LogP contribution in [0.2, 0.25) is 0 Å². The molecule has 0 radical (unpaired) electrons. The molecule has 0 bridgehead atoms. The molecule has 2 amide bonds. The lowest BCUT2D eigenvalue weighted by atomic mass is 10.0. The summed E-state index contributed by atoms with van der Waals surface area (Å²) in [6.07, 6.45) is 4.36. The Hall–Kier alpha value is -2.48. The molecule has 1 heterocycles. The first-order chi connectivity index (χ1) is 13.0. The van der Waals surface area contributed by atoms with Crippen molar-refractivity contribution >= 4 is 28.3 Å². The number of nitrogens with zero attached hydrogens (tertiary/aromatic N) is 2. The zero-order valence-corrected chi connectivity index (χ0v) is 16.8.